The van der Waals surface area contributed by atoms with E-state index >= 15 is 0 Å². The third kappa shape index (κ3) is 10.5. The summed E-state index contributed by atoms with van der Waals surface area (Å²) < 4.78 is 2.48. The minimum atomic E-state index is 0.942. The molecule has 0 saturated carbocycles. The maximum absolute atomic E-state index is 5.54. The Morgan fingerprint density at radius 1 is 0.150 bits per heavy atom. The molecule has 0 aliphatic heterocycles. The van der Waals surface area contributed by atoms with Crippen LogP contribution in [0.15, 0.2) is 413 Å². The molecular weight excluding hydrogens is 1360 g/mol. The third-order valence-corrected chi connectivity index (χ3v) is 24.1. The van der Waals surface area contributed by atoms with E-state index in [1.807, 2.05) is 0 Å². The Bertz CT molecular complexity index is 7810. The molecule has 0 atom stereocenters. The first kappa shape index (κ1) is 64.2. The molecule has 2 heteroatoms. The molecule has 522 valence electrons. The van der Waals surface area contributed by atoms with Gasteiger partial charge in [0.15, 0.2) is 0 Å². The lowest BCUT2D eigenvalue weighted by Gasteiger charge is -2.18. The third-order valence-electron chi connectivity index (χ3n) is 24.1. The van der Waals surface area contributed by atoms with Crippen LogP contribution in [0.25, 0.3) is 236 Å². The van der Waals surface area contributed by atoms with E-state index in [0.717, 1.165) is 28.2 Å². The Labute approximate surface area is 653 Å². The molecule has 0 spiro atoms. The topological polar surface area (TPSA) is 17.8 Å². The molecule has 0 N–H and O–H groups in total. The van der Waals surface area contributed by atoms with Crippen LogP contribution in [0.5, 0.6) is 0 Å². The monoisotopic (exact) mass is 1430 g/mol. The summed E-state index contributed by atoms with van der Waals surface area (Å²) in [6.07, 6.45) is 0. The van der Waals surface area contributed by atoms with Crippen LogP contribution in [-0.4, -0.2) is 9.55 Å². The summed E-state index contributed by atoms with van der Waals surface area (Å²) in [4.78, 5) is 5.54. The number of pyridine rings is 1. The van der Waals surface area contributed by atoms with Crippen LogP contribution in [0, 0.1) is 0 Å². The van der Waals surface area contributed by atoms with Crippen molar-refractivity contribution < 1.29 is 0 Å². The predicted octanol–water partition coefficient (Wildman–Crippen LogP) is 30.7. The van der Waals surface area contributed by atoms with E-state index < -0.39 is 0 Å². The lowest BCUT2D eigenvalue weighted by Crippen LogP contribution is -1.94. The number of benzene rings is 21. The van der Waals surface area contributed by atoms with Gasteiger partial charge in [0.1, 0.15) is 0 Å². The van der Waals surface area contributed by atoms with Crippen LogP contribution in [-0.2, 0) is 0 Å². The van der Waals surface area contributed by atoms with E-state index in [4.69, 9.17) is 4.98 Å². The second-order valence-corrected chi connectivity index (χ2v) is 30.3. The van der Waals surface area contributed by atoms with Gasteiger partial charge in [-0.1, -0.05) is 346 Å². The van der Waals surface area contributed by atoms with Crippen molar-refractivity contribution in [3.63, 3.8) is 0 Å². The van der Waals surface area contributed by atoms with Crippen LogP contribution in [0.1, 0.15) is 0 Å². The highest BCUT2D eigenvalue weighted by Gasteiger charge is 2.24. The Morgan fingerprint density at radius 3 is 1.01 bits per heavy atom. The van der Waals surface area contributed by atoms with E-state index in [9.17, 15) is 0 Å². The van der Waals surface area contributed by atoms with Crippen molar-refractivity contribution in [2.24, 2.45) is 0 Å². The summed E-state index contributed by atoms with van der Waals surface area (Å²) in [6.45, 7) is 0. The average molecular weight is 1430 g/mol. The van der Waals surface area contributed by atoms with Gasteiger partial charge < -0.3 is 4.57 Å². The second kappa shape index (κ2) is 25.9. The molecule has 113 heavy (non-hydrogen) atoms. The number of para-hydroxylation sites is 1. The van der Waals surface area contributed by atoms with Gasteiger partial charge in [-0.25, -0.2) is 4.98 Å². The van der Waals surface area contributed by atoms with Gasteiger partial charge >= 0.3 is 0 Å². The van der Waals surface area contributed by atoms with Crippen molar-refractivity contribution >= 4 is 130 Å². The molecule has 2 nitrogen and oxygen atoms in total. The Kier molecular flexibility index (Phi) is 14.7. The summed E-state index contributed by atoms with van der Waals surface area (Å²) >= 11 is 0. The molecule has 21 aromatic carbocycles. The minimum Gasteiger partial charge on any atom is -0.309 e. The first-order valence-electron chi connectivity index (χ1n) is 39.1. The van der Waals surface area contributed by atoms with Crippen LogP contribution < -0.4 is 0 Å². The van der Waals surface area contributed by atoms with E-state index in [1.165, 1.54) is 207 Å². The molecule has 0 fully saturated rings. The fourth-order valence-electron chi connectivity index (χ4n) is 19.0. The van der Waals surface area contributed by atoms with Crippen LogP contribution in [0.2, 0.25) is 0 Å². The zero-order valence-electron chi connectivity index (χ0n) is 61.7. The van der Waals surface area contributed by atoms with Crippen molar-refractivity contribution in [1.29, 1.82) is 0 Å². The van der Waals surface area contributed by atoms with Crippen molar-refractivity contribution in [3.8, 4) is 106 Å². The average Bonchev–Trinajstić information content (AvgIpc) is 1.71. The lowest BCUT2D eigenvalue weighted by atomic mass is 9.85. The number of rotatable bonds is 10. The van der Waals surface area contributed by atoms with Gasteiger partial charge in [0.05, 0.1) is 22.4 Å². The summed E-state index contributed by atoms with van der Waals surface area (Å²) in [5.41, 5.74) is 24.6. The molecule has 0 saturated heterocycles. The fourth-order valence-corrected chi connectivity index (χ4v) is 19.0. The SMILES string of the molecule is c1ccc(-n2c3cc(-c4ccc5c(ccc6c(-c7ccc8c(ccc9cc(-c%10cccc(-c%11c%12ccccc%12c(-c%12cccc(-c%13cccc%14ccccc%13%14)c%12)c%12ccccc%11%12)n%10)ccc98)c7)cccc65)c4)ccc3c3ccc(-c4c5ccccc5c(-c5cccc(-c6cccc7ccccc67)c5)c5ccccc45)cc32)cc1. The zero-order valence-corrected chi connectivity index (χ0v) is 61.7. The molecule has 0 amide bonds. The molecule has 0 radical (unpaired) electrons. The minimum absolute atomic E-state index is 0.942. The second-order valence-electron chi connectivity index (χ2n) is 30.3. The Hall–Kier alpha value is -14.8. The maximum atomic E-state index is 5.54. The normalized spacial score (nSPS) is 11.9. The molecule has 0 bridgehead atoms. The van der Waals surface area contributed by atoms with Crippen LogP contribution >= 0.6 is 0 Å². The zero-order chi connectivity index (χ0) is 74.2. The van der Waals surface area contributed by atoms with Crippen molar-refractivity contribution in [3.05, 3.63) is 413 Å². The van der Waals surface area contributed by atoms with Gasteiger partial charge in [-0.05, 0) is 252 Å². The number of hydrogen-bond donors (Lipinski definition) is 0. The van der Waals surface area contributed by atoms with Crippen LogP contribution in [0.3, 0.4) is 0 Å². The van der Waals surface area contributed by atoms with Gasteiger partial charge in [-0.3, -0.25) is 0 Å². The summed E-state index contributed by atoms with van der Waals surface area (Å²) in [5, 5.41) is 26.9. The molecule has 2 heterocycles. The largest absolute Gasteiger partial charge is 0.309 e. The van der Waals surface area contributed by atoms with Gasteiger partial charge in [0, 0.05) is 27.6 Å². The van der Waals surface area contributed by atoms with Crippen LogP contribution in [0.4, 0.5) is 0 Å². The Balaban J connectivity index is 0.563. The van der Waals surface area contributed by atoms with Gasteiger partial charge in [-0.15, -0.1) is 0 Å². The molecule has 23 aromatic rings. The number of fused-ring (bicyclic) bond motifs is 15. The number of aromatic nitrogens is 2. The highest BCUT2D eigenvalue weighted by molar-refractivity contribution is 6.25. The quantitative estimate of drug-likeness (QED) is 0.0986. The molecule has 2 aromatic heterocycles. The first-order chi connectivity index (χ1) is 56.0. The predicted molar refractivity (Wildman–Crippen MR) is 483 cm³/mol. The molecule has 23 rings (SSSR count). The van der Waals surface area contributed by atoms with Gasteiger partial charge in [0.25, 0.3) is 0 Å². The standard InChI is InChI=1S/C111H68N2/c1-2-30-83(31-3-1)113-106-67-72(51-60-94(106)95-61-55-82(68-107(95)113)110-98-36-10-8-34-96(98)108(97-35-9-11-37-99(97)110)80-28-16-26-73(65-80)86-42-18-24-69-22-4-6-32-84(69)86)71-50-56-91-77(62-71)53-59-93-88(44-20-45-92(91)93)78-52-57-89-75(63-78)48-49-76-64-79(54-58-90(76)89)104-46-21-47-105(112-104)111-102-40-14-12-38-100(102)109(101-39-13-15-41-103(101)111)81-29-17-27-74(66-81)87-43-19-25-70-23-5-7-33-85(70)87/h1-68H. The van der Waals surface area contributed by atoms with Gasteiger partial charge in [0.2, 0.25) is 0 Å². The maximum Gasteiger partial charge on any atom is 0.0722 e. The van der Waals surface area contributed by atoms with Gasteiger partial charge in [-0.2, -0.15) is 0 Å². The number of hydrogen-bond acceptors (Lipinski definition) is 1. The molecular formula is C111H68N2. The lowest BCUT2D eigenvalue weighted by molar-refractivity contribution is 1.18. The molecule has 0 unspecified atom stereocenters. The highest BCUT2D eigenvalue weighted by Crippen LogP contribution is 2.49. The van der Waals surface area contributed by atoms with Crippen molar-refractivity contribution in [1.82, 2.24) is 9.55 Å². The van der Waals surface area contributed by atoms with E-state index in [-0.39, 0.29) is 0 Å². The summed E-state index contributed by atoms with van der Waals surface area (Å²) in [7, 11) is 0. The first-order valence-corrected chi connectivity index (χ1v) is 39.1. The van der Waals surface area contributed by atoms with Crippen molar-refractivity contribution in [2.45, 2.75) is 0 Å². The smallest absolute Gasteiger partial charge is 0.0722 e. The fraction of sp³-hybridized carbons (Fsp3) is 0. The molecule has 0 aliphatic carbocycles. The van der Waals surface area contributed by atoms with E-state index in [2.05, 4.69) is 417 Å². The number of nitrogens with zero attached hydrogens (tertiary/aromatic N) is 2. The summed E-state index contributed by atoms with van der Waals surface area (Å²) in [5.74, 6) is 0. The summed E-state index contributed by atoms with van der Waals surface area (Å²) in [6, 6.07) is 153. The molecule has 0 aliphatic rings. The Morgan fingerprint density at radius 2 is 0.469 bits per heavy atom. The van der Waals surface area contributed by atoms with E-state index in [0.29, 0.717) is 0 Å². The van der Waals surface area contributed by atoms with E-state index in [1.54, 1.807) is 0 Å². The highest BCUT2D eigenvalue weighted by atomic mass is 15.0. The van der Waals surface area contributed by atoms with Crippen molar-refractivity contribution in [2.75, 3.05) is 0 Å².